The van der Waals surface area contributed by atoms with Gasteiger partial charge in [0.05, 0.1) is 0 Å². The molecule has 1 atom stereocenters. The second-order valence-electron chi connectivity index (χ2n) is 36.9. The molecule has 2 nitrogen and oxygen atoms in total. The molecule has 13 rings (SSSR count). The highest BCUT2D eigenvalue weighted by Gasteiger charge is 2.46. The van der Waals surface area contributed by atoms with Crippen LogP contribution in [0.25, 0.3) is 55.6 Å². The summed E-state index contributed by atoms with van der Waals surface area (Å²) in [5.74, 6) is 0.541. The first-order valence-corrected chi connectivity index (χ1v) is 48.8. The van der Waals surface area contributed by atoms with Crippen molar-refractivity contribution in [3.8, 4) is 55.6 Å². The molecule has 3 aliphatic carbocycles. The summed E-state index contributed by atoms with van der Waals surface area (Å²) < 4.78 is 0. The fraction of sp³-hybridized carbons (Fsp3) is 0.483. The topological polar surface area (TPSA) is 6.48 Å². The van der Waals surface area contributed by atoms with Gasteiger partial charge in [-0.3, -0.25) is 0 Å². The van der Waals surface area contributed by atoms with Gasteiger partial charge in [0.1, 0.15) is 0 Å². The van der Waals surface area contributed by atoms with Crippen molar-refractivity contribution in [1.82, 2.24) is 0 Å². The third-order valence-electron chi connectivity index (χ3n) is 28.6. The summed E-state index contributed by atoms with van der Waals surface area (Å²) in [6.45, 7) is 21.2. The Bertz CT molecular complexity index is 4660. The zero-order valence-electron chi connectivity index (χ0n) is 75.2. The molecule has 2 heteroatoms. The molecule has 0 amide bonds. The highest BCUT2D eigenvalue weighted by Crippen LogP contribution is 2.60. The first-order valence-electron chi connectivity index (χ1n) is 48.8. The lowest BCUT2D eigenvalue weighted by atomic mass is 9.69. The van der Waals surface area contributed by atoms with Crippen molar-refractivity contribution in [1.29, 1.82) is 0 Å². The number of benzene rings is 10. The lowest BCUT2D eigenvalue weighted by molar-refractivity contribution is 0.397. The third kappa shape index (κ3) is 20.4. The number of nitrogens with zero attached hydrogens (tertiary/aromatic N) is 2. The molecule has 0 aromatic heterocycles. The first-order chi connectivity index (χ1) is 58.1. The van der Waals surface area contributed by atoms with Crippen LogP contribution in [0.15, 0.2) is 218 Å². The maximum Gasteiger partial charge on any atom is 0.0465 e. The van der Waals surface area contributed by atoms with Crippen molar-refractivity contribution in [2.75, 3.05) is 9.80 Å². The second kappa shape index (κ2) is 43.9. The SMILES string of the molecule is CCCCCCCCC1(CCCCCCCC)c2cc(C)ccc2-c2ccc(-c3ccc(N(c4ccccc4)c4ccc5c(c4)C(CCCCCCCC)(CCCCCCCC)c4cc(N(c6ccccc6)c6ccc(-c7ccc8c(c7)C(CCCCCCCC)(CCCCCCCC)c7cc(C(C)CC)ccc7-8)cc6)ccc4-5)cc3)cc21. The highest BCUT2D eigenvalue weighted by atomic mass is 15.1. The molecule has 0 N–H and O–H groups in total. The number of anilines is 6. The van der Waals surface area contributed by atoms with Crippen molar-refractivity contribution in [2.45, 2.75) is 361 Å². The lowest BCUT2D eigenvalue weighted by Crippen LogP contribution is -2.26. The molecule has 0 radical (unpaired) electrons. The van der Waals surface area contributed by atoms with Crippen LogP contribution in [0.1, 0.15) is 382 Å². The summed E-state index contributed by atoms with van der Waals surface area (Å²) in [6, 6.07) is 87.8. The van der Waals surface area contributed by atoms with Crippen molar-refractivity contribution in [3.63, 3.8) is 0 Å². The van der Waals surface area contributed by atoms with Gasteiger partial charge in [0, 0.05) is 50.4 Å². The van der Waals surface area contributed by atoms with E-state index in [-0.39, 0.29) is 16.2 Å². The Hall–Kier alpha value is -8.20. The van der Waals surface area contributed by atoms with Gasteiger partial charge in [-0.2, -0.15) is 0 Å². The third-order valence-corrected chi connectivity index (χ3v) is 28.6. The number of unbranched alkanes of at least 4 members (excludes halogenated alkanes) is 30. The normalized spacial score (nSPS) is 13.9. The Morgan fingerprint density at radius 2 is 0.466 bits per heavy atom. The summed E-state index contributed by atoms with van der Waals surface area (Å²) in [6.07, 6.45) is 55.4. The van der Waals surface area contributed by atoms with E-state index >= 15 is 0 Å². The molecule has 10 aromatic carbocycles. The Morgan fingerprint density at radius 1 is 0.220 bits per heavy atom. The van der Waals surface area contributed by atoms with E-state index in [4.69, 9.17) is 0 Å². The monoisotopic (exact) mass is 1570 g/mol. The van der Waals surface area contributed by atoms with E-state index < -0.39 is 0 Å². The average molecular weight is 1570 g/mol. The summed E-state index contributed by atoms with van der Waals surface area (Å²) in [5, 5.41) is 0. The summed E-state index contributed by atoms with van der Waals surface area (Å²) in [5.41, 5.74) is 33.4. The standard InChI is InChI=1S/C116H150N2/c1-10-17-23-29-35-47-77-114(78-48-36-30-24-18-11-2)108-83-89(8)57-71-102(108)104-73-63-94(85-110(104)114)91-58-65-98(66-59-91)117(96-53-43-41-44-54-96)100-69-75-106-107-76-70-101(88-113(107)116(112(106)87-100,81-51-39-33-27-21-14-5)82-52-40-34-28-22-15-6)118(97-55-45-42-46-56-97)99-67-60-92(61-68-99)95-64-74-105-103-72-62-93(90(9)16-7)84-109(103)115(111(105)86-95,79-49-37-31-25-19-12-3)80-50-38-32-26-20-13-4/h41-46,53-76,83-88,90H,10-40,47-52,77-82H2,1-9H3. The van der Waals surface area contributed by atoms with Crippen molar-refractivity contribution < 1.29 is 0 Å². The number of para-hydroxylation sites is 2. The van der Waals surface area contributed by atoms with Gasteiger partial charge < -0.3 is 9.80 Å². The maximum absolute atomic E-state index is 2.69. The van der Waals surface area contributed by atoms with Crippen LogP contribution in [-0.2, 0) is 16.2 Å². The summed E-state index contributed by atoms with van der Waals surface area (Å²) in [7, 11) is 0. The quantitative estimate of drug-likeness (QED) is 0.0351. The molecule has 0 heterocycles. The Labute approximate surface area is 718 Å². The van der Waals surface area contributed by atoms with Crippen LogP contribution in [0.3, 0.4) is 0 Å². The number of hydrogen-bond donors (Lipinski definition) is 0. The first kappa shape index (κ1) is 87.6. The molecule has 118 heavy (non-hydrogen) atoms. The predicted octanol–water partition coefficient (Wildman–Crippen LogP) is 37.1. The molecule has 0 bridgehead atoms. The molecule has 0 aliphatic heterocycles. The molecular weight excluding hydrogens is 1420 g/mol. The van der Waals surface area contributed by atoms with Crippen LogP contribution < -0.4 is 9.80 Å². The molecule has 0 fully saturated rings. The van der Waals surface area contributed by atoms with Crippen molar-refractivity contribution in [3.05, 3.63) is 263 Å². The van der Waals surface area contributed by atoms with Crippen LogP contribution in [0.2, 0.25) is 0 Å². The smallest absolute Gasteiger partial charge is 0.0465 e. The summed E-state index contributed by atoms with van der Waals surface area (Å²) >= 11 is 0. The molecule has 3 aliphatic rings. The van der Waals surface area contributed by atoms with Crippen LogP contribution in [0.5, 0.6) is 0 Å². The number of fused-ring (bicyclic) bond motifs is 9. The van der Waals surface area contributed by atoms with Gasteiger partial charge in [0.15, 0.2) is 0 Å². The van der Waals surface area contributed by atoms with Gasteiger partial charge in [0.25, 0.3) is 0 Å². The van der Waals surface area contributed by atoms with Crippen LogP contribution in [0.4, 0.5) is 34.1 Å². The van der Waals surface area contributed by atoms with Gasteiger partial charge >= 0.3 is 0 Å². The van der Waals surface area contributed by atoms with Gasteiger partial charge in [-0.25, -0.2) is 0 Å². The number of aryl methyl sites for hydroxylation is 1. The van der Waals surface area contributed by atoms with Crippen molar-refractivity contribution >= 4 is 34.1 Å². The van der Waals surface area contributed by atoms with E-state index in [1.165, 1.54) is 369 Å². The van der Waals surface area contributed by atoms with E-state index in [1.54, 1.807) is 22.3 Å². The largest absolute Gasteiger partial charge is 0.310 e. The Morgan fingerprint density at radius 3 is 0.788 bits per heavy atom. The molecule has 10 aromatic rings. The van der Waals surface area contributed by atoms with Gasteiger partial charge in [-0.15, -0.1) is 0 Å². The Balaban J connectivity index is 0.869. The van der Waals surface area contributed by atoms with Crippen LogP contribution >= 0.6 is 0 Å². The predicted molar refractivity (Wildman–Crippen MR) is 517 cm³/mol. The fourth-order valence-electron chi connectivity index (χ4n) is 21.7. The second-order valence-corrected chi connectivity index (χ2v) is 36.9. The molecule has 624 valence electrons. The Kier molecular flexibility index (Phi) is 32.6. The van der Waals surface area contributed by atoms with Gasteiger partial charge in [-0.05, 0) is 237 Å². The van der Waals surface area contributed by atoms with Crippen molar-refractivity contribution in [2.24, 2.45) is 0 Å². The molecule has 0 saturated carbocycles. The zero-order valence-corrected chi connectivity index (χ0v) is 75.2. The van der Waals surface area contributed by atoms with E-state index in [0.29, 0.717) is 5.92 Å². The van der Waals surface area contributed by atoms with E-state index in [2.05, 4.69) is 291 Å². The molecule has 1 unspecified atom stereocenters. The number of rotatable bonds is 52. The van der Waals surface area contributed by atoms with E-state index in [9.17, 15) is 0 Å². The molecular formula is C116H150N2. The van der Waals surface area contributed by atoms with Gasteiger partial charge in [-0.1, -0.05) is 426 Å². The van der Waals surface area contributed by atoms with E-state index in [0.717, 1.165) is 19.3 Å². The van der Waals surface area contributed by atoms with E-state index in [1.807, 2.05) is 0 Å². The minimum absolute atomic E-state index is 0.0119. The molecule has 0 spiro atoms. The zero-order chi connectivity index (χ0) is 81.9. The molecule has 0 saturated heterocycles. The maximum atomic E-state index is 2.69. The lowest BCUT2D eigenvalue weighted by Gasteiger charge is -2.35. The van der Waals surface area contributed by atoms with Crippen LogP contribution in [0, 0.1) is 6.92 Å². The van der Waals surface area contributed by atoms with Gasteiger partial charge in [0.2, 0.25) is 0 Å². The highest BCUT2D eigenvalue weighted by molar-refractivity contribution is 5.91. The summed E-state index contributed by atoms with van der Waals surface area (Å²) in [4.78, 5) is 5.15. The number of hydrogen-bond acceptors (Lipinski definition) is 2. The average Bonchev–Trinajstić information content (AvgIpc) is 1.57. The van der Waals surface area contributed by atoms with Crippen LogP contribution in [-0.4, -0.2) is 0 Å². The fourth-order valence-corrected chi connectivity index (χ4v) is 21.7. The minimum atomic E-state index is -0.182. The minimum Gasteiger partial charge on any atom is -0.310 e.